The number of nitrogens with zero attached hydrogens (tertiary/aromatic N) is 1. The molecule has 1 aromatic carbocycles. The molecule has 4 rings (SSSR count). The molecule has 138 valence electrons. The van der Waals surface area contributed by atoms with Crippen LogP contribution in [-0.2, 0) is 6.61 Å². The van der Waals surface area contributed by atoms with Crippen LogP contribution in [0.3, 0.4) is 0 Å². The van der Waals surface area contributed by atoms with E-state index in [0.717, 1.165) is 19.4 Å². The van der Waals surface area contributed by atoms with Crippen molar-refractivity contribution in [1.29, 1.82) is 0 Å². The van der Waals surface area contributed by atoms with E-state index >= 15 is 0 Å². The van der Waals surface area contributed by atoms with Crippen LogP contribution in [0.5, 0.6) is 5.75 Å². The summed E-state index contributed by atoms with van der Waals surface area (Å²) in [6.45, 7) is 0.905. The molecule has 0 spiro atoms. The van der Waals surface area contributed by atoms with Gasteiger partial charge in [0.05, 0.1) is 0 Å². The number of carbonyl (C=O) groups excluding carboxylic acids is 1. The average molecular weight is 357 g/mol. The molecule has 0 N–H and O–H groups in total. The molecule has 1 amide bonds. The summed E-state index contributed by atoms with van der Waals surface area (Å²) in [7, 11) is 0. The number of fused-ring (bicyclic) bond motifs is 1. The average Bonchev–Trinajstić information content (AvgIpc) is 3.15. The number of para-hydroxylation sites is 1. The first kappa shape index (κ1) is 17.1. The van der Waals surface area contributed by atoms with Crippen LogP contribution in [0.25, 0.3) is 0 Å². The Kier molecular flexibility index (Phi) is 4.96. The number of benzene rings is 1. The van der Waals surface area contributed by atoms with E-state index in [1.165, 1.54) is 31.7 Å². The number of rotatable bonds is 4. The number of carbonyl (C=O) groups is 1. The van der Waals surface area contributed by atoms with Crippen molar-refractivity contribution in [3.8, 4) is 5.75 Å². The van der Waals surface area contributed by atoms with Crippen molar-refractivity contribution < 1.29 is 18.3 Å². The number of hydrogen-bond donors (Lipinski definition) is 0. The van der Waals surface area contributed by atoms with Crippen molar-refractivity contribution in [2.45, 2.75) is 51.2 Å². The van der Waals surface area contributed by atoms with Crippen LogP contribution in [0, 0.1) is 11.7 Å². The number of ether oxygens (including phenoxy) is 1. The topological polar surface area (TPSA) is 42.7 Å². The molecule has 1 saturated heterocycles. The molecule has 0 bridgehead atoms. The van der Waals surface area contributed by atoms with Gasteiger partial charge in [-0.2, -0.15) is 0 Å². The highest BCUT2D eigenvalue weighted by molar-refractivity contribution is 5.91. The molecule has 1 aliphatic heterocycles. The summed E-state index contributed by atoms with van der Waals surface area (Å²) in [5, 5.41) is 0. The Balaban J connectivity index is 1.42. The molecule has 2 fully saturated rings. The summed E-state index contributed by atoms with van der Waals surface area (Å²) in [6.07, 6.45) is 7.10. The van der Waals surface area contributed by atoms with E-state index in [9.17, 15) is 9.18 Å². The largest absolute Gasteiger partial charge is 0.483 e. The number of likely N-dealkylation sites (tertiary alicyclic amines) is 1. The molecule has 2 aliphatic rings. The van der Waals surface area contributed by atoms with Gasteiger partial charge >= 0.3 is 0 Å². The molecule has 1 aromatic heterocycles. The predicted molar refractivity (Wildman–Crippen MR) is 95.5 cm³/mol. The number of furan rings is 1. The van der Waals surface area contributed by atoms with Crippen LogP contribution in [0.4, 0.5) is 4.39 Å². The Morgan fingerprint density at radius 3 is 2.81 bits per heavy atom. The third kappa shape index (κ3) is 3.48. The van der Waals surface area contributed by atoms with E-state index in [4.69, 9.17) is 9.15 Å². The van der Waals surface area contributed by atoms with Crippen molar-refractivity contribution in [3.63, 3.8) is 0 Å². The molecule has 1 aliphatic carbocycles. The Hall–Kier alpha value is -2.30. The fraction of sp³-hybridized carbons (Fsp3) is 0.476. The first-order valence-corrected chi connectivity index (χ1v) is 9.49. The van der Waals surface area contributed by atoms with Gasteiger partial charge in [-0.15, -0.1) is 0 Å². The molecule has 2 atom stereocenters. The summed E-state index contributed by atoms with van der Waals surface area (Å²) < 4.78 is 24.8. The number of halogens is 1. The predicted octanol–water partition coefficient (Wildman–Crippen LogP) is 4.79. The summed E-state index contributed by atoms with van der Waals surface area (Å²) >= 11 is 0. The molecule has 0 radical (unpaired) electrons. The normalized spacial score (nSPS) is 22.7. The number of amides is 1. The summed E-state index contributed by atoms with van der Waals surface area (Å²) in [4.78, 5) is 14.9. The molecule has 26 heavy (non-hydrogen) atoms. The lowest BCUT2D eigenvalue weighted by Gasteiger charge is -2.43. The molecule has 2 heterocycles. The van der Waals surface area contributed by atoms with E-state index < -0.39 is 5.82 Å². The van der Waals surface area contributed by atoms with E-state index in [2.05, 4.69) is 0 Å². The first-order valence-electron chi connectivity index (χ1n) is 9.49. The highest BCUT2D eigenvalue weighted by Crippen LogP contribution is 2.36. The zero-order valence-corrected chi connectivity index (χ0v) is 14.8. The van der Waals surface area contributed by atoms with E-state index in [1.54, 1.807) is 30.3 Å². The van der Waals surface area contributed by atoms with Gasteiger partial charge in [0.15, 0.2) is 17.3 Å². The fourth-order valence-electron chi connectivity index (χ4n) is 4.30. The van der Waals surface area contributed by atoms with Gasteiger partial charge in [0.1, 0.15) is 12.4 Å². The van der Waals surface area contributed by atoms with Crippen molar-refractivity contribution >= 4 is 5.91 Å². The van der Waals surface area contributed by atoms with Crippen LogP contribution in [-0.4, -0.2) is 23.4 Å². The minimum atomic E-state index is -0.410. The lowest BCUT2D eigenvalue weighted by atomic mass is 9.78. The minimum Gasteiger partial charge on any atom is -0.483 e. The SMILES string of the molecule is O=C(c1ccc(COc2ccccc2F)o1)N1CCC[C@@H]2CCCC[C@H]21. The van der Waals surface area contributed by atoms with Gasteiger partial charge in [-0.25, -0.2) is 4.39 Å². The van der Waals surface area contributed by atoms with Crippen LogP contribution in [0.15, 0.2) is 40.8 Å². The lowest BCUT2D eigenvalue weighted by Crippen LogP contribution is -2.49. The van der Waals surface area contributed by atoms with Crippen molar-refractivity contribution in [2.75, 3.05) is 6.54 Å². The van der Waals surface area contributed by atoms with E-state index in [1.807, 2.05) is 4.90 Å². The van der Waals surface area contributed by atoms with Crippen molar-refractivity contribution in [3.05, 3.63) is 53.7 Å². The standard InChI is InChI=1S/C21H24FNO3/c22-17-8-2-4-10-19(17)25-14-16-11-12-20(26-16)21(24)23-13-5-7-15-6-1-3-9-18(15)23/h2,4,8,10-12,15,18H,1,3,5-7,9,13-14H2/t15-,18+/m0/s1. The van der Waals surface area contributed by atoms with Gasteiger partial charge in [0.2, 0.25) is 0 Å². The molecular weight excluding hydrogens is 333 g/mol. The van der Waals surface area contributed by atoms with E-state index in [0.29, 0.717) is 23.5 Å². The van der Waals surface area contributed by atoms with E-state index in [-0.39, 0.29) is 18.3 Å². The van der Waals surface area contributed by atoms with Crippen LogP contribution in [0.2, 0.25) is 0 Å². The van der Waals surface area contributed by atoms with Gasteiger partial charge in [-0.3, -0.25) is 4.79 Å². The Morgan fingerprint density at radius 2 is 1.92 bits per heavy atom. The monoisotopic (exact) mass is 357 g/mol. The van der Waals surface area contributed by atoms with Crippen molar-refractivity contribution in [2.24, 2.45) is 5.92 Å². The zero-order valence-electron chi connectivity index (χ0n) is 14.8. The van der Waals surface area contributed by atoms with Gasteiger partial charge in [0, 0.05) is 12.6 Å². The third-order valence-corrected chi connectivity index (χ3v) is 5.58. The van der Waals surface area contributed by atoms with Gasteiger partial charge in [0.25, 0.3) is 5.91 Å². The van der Waals surface area contributed by atoms with Crippen molar-refractivity contribution in [1.82, 2.24) is 4.90 Å². The highest BCUT2D eigenvalue weighted by atomic mass is 19.1. The second-order valence-electron chi connectivity index (χ2n) is 7.24. The van der Waals surface area contributed by atoms with Gasteiger partial charge in [-0.05, 0) is 55.9 Å². The minimum absolute atomic E-state index is 0.0289. The maximum absolute atomic E-state index is 13.6. The Morgan fingerprint density at radius 1 is 1.12 bits per heavy atom. The lowest BCUT2D eigenvalue weighted by molar-refractivity contribution is 0.0359. The maximum Gasteiger partial charge on any atom is 0.289 e. The molecule has 5 heteroatoms. The highest BCUT2D eigenvalue weighted by Gasteiger charge is 2.36. The van der Waals surface area contributed by atoms with Gasteiger partial charge in [-0.1, -0.05) is 25.0 Å². The second-order valence-corrected chi connectivity index (χ2v) is 7.24. The molecule has 4 nitrogen and oxygen atoms in total. The quantitative estimate of drug-likeness (QED) is 0.790. The Labute approximate surface area is 152 Å². The molecule has 0 unspecified atom stereocenters. The molecular formula is C21H24FNO3. The smallest absolute Gasteiger partial charge is 0.289 e. The Bertz CT molecular complexity index is 770. The zero-order chi connectivity index (χ0) is 17.9. The van der Waals surface area contributed by atoms with Crippen LogP contribution < -0.4 is 4.74 Å². The van der Waals surface area contributed by atoms with Crippen LogP contribution >= 0.6 is 0 Å². The fourth-order valence-corrected chi connectivity index (χ4v) is 4.30. The summed E-state index contributed by atoms with van der Waals surface area (Å²) in [6, 6.07) is 10.0. The molecule has 2 aromatic rings. The number of piperidine rings is 1. The summed E-state index contributed by atoms with van der Waals surface area (Å²) in [5.41, 5.74) is 0. The molecule has 1 saturated carbocycles. The van der Waals surface area contributed by atoms with Crippen LogP contribution in [0.1, 0.15) is 54.8 Å². The van der Waals surface area contributed by atoms with Gasteiger partial charge < -0.3 is 14.1 Å². The number of hydrogen-bond acceptors (Lipinski definition) is 3. The summed E-state index contributed by atoms with van der Waals surface area (Å²) in [5.74, 6) is 1.25. The second kappa shape index (κ2) is 7.52. The third-order valence-electron chi connectivity index (χ3n) is 5.58. The first-order chi connectivity index (χ1) is 12.7. The maximum atomic E-state index is 13.6.